The van der Waals surface area contributed by atoms with Crippen molar-refractivity contribution >= 4 is 23.8 Å². The third-order valence-electron chi connectivity index (χ3n) is 3.33. The van der Waals surface area contributed by atoms with E-state index >= 15 is 0 Å². The molecular weight excluding hydrogens is 332 g/mol. The molecule has 25 heavy (non-hydrogen) atoms. The Bertz CT molecular complexity index is 854. The fraction of sp³-hybridized carbons (Fsp3) is 0. The summed E-state index contributed by atoms with van der Waals surface area (Å²) in [5.74, 6) is 0.329. The maximum atomic E-state index is 11.9. The van der Waals surface area contributed by atoms with Gasteiger partial charge in [-0.3, -0.25) is 0 Å². The summed E-state index contributed by atoms with van der Waals surface area (Å²) in [4.78, 5) is 13.9. The topological polar surface area (TPSA) is 46.5 Å². The molecule has 0 amide bonds. The number of aromatic hydroxyl groups is 1. The predicted molar refractivity (Wildman–Crippen MR) is 99.8 cm³/mol. The Hall–Kier alpha value is -2.98. The number of phenols is 1. The van der Waals surface area contributed by atoms with Crippen LogP contribution in [0.3, 0.4) is 0 Å². The highest BCUT2D eigenvalue weighted by atomic mass is 32.2. The number of hydrogen-bond acceptors (Lipinski definition) is 4. The van der Waals surface area contributed by atoms with Crippen LogP contribution in [0.25, 0.3) is 6.08 Å². The fourth-order valence-corrected chi connectivity index (χ4v) is 2.92. The second kappa shape index (κ2) is 8.22. The van der Waals surface area contributed by atoms with E-state index in [0.29, 0.717) is 5.75 Å². The maximum Gasteiger partial charge on any atom is 0.336 e. The summed E-state index contributed by atoms with van der Waals surface area (Å²) in [6.07, 6.45) is 3.13. The molecule has 0 heterocycles. The molecular formula is C21H16O3S. The van der Waals surface area contributed by atoms with Gasteiger partial charge in [0.15, 0.2) is 0 Å². The van der Waals surface area contributed by atoms with Crippen molar-refractivity contribution in [2.24, 2.45) is 0 Å². The van der Waals surface area contributed by atoms with Crippen LogP contribution < -0.4 is 4.74 Å². The van der Waals surface area contributed by atoms with E-state index in [1.165, 1.54) is 6.08 Å². The zero-order valence-electron chi connectivity index (χ0n) is 13.3. The van der Waals surface area contributed by atoms with Gasteiger partial charge in [0, 0.05) is 15.9 Å². The molecule has 3 nitrogen and oxygen atoms in total. The largest absolute Gasteiger partial charge is 0.508 e. The van der Waals surface area contributed by atoms with Crippen molar-refractivity contribution in [3.05, 3.63) is 90.5 Å². The van der Waals surface area contributed by atoms with Crippen LogP contribution in [0.4, 0.5) is 0 Å². The van der Waals surface area contributed by atoms with E-state index in [1.807, 2.05) is 54.6 Å². The van der Waals surface area contributed by atoms with Crippen molar-refractivity contribution in [1.82, 2.24) is 0 Å². The number of carbonyl (C=O) groups is 1. The van der Waals surface area contributed by atoms with Crippen molar-refractivity contribution in [3.63, 3.8) is 0 Å². The lowest BCUT2D eigenvalue weighted by molar-refractivity contribution is -0.128. The first kappa shape index (κ1) is 16.9. The number of phenolic OH excluding ortho intramolecular Hbond substituents is 1. The number of carbonyl (C=O) groups excluding carboxylic acids is 1. The molecule has 0 bridgehead atoms. The van der Waals surface area contributed by atoms with Gasteiger partial charge in [0.25, 0.3) is 0 Å². The van der Waals surface area contributed by atoms with Crippen LogP contribution in [-0.4, -0.2) is 11.1 Å². The third-order valence-corrected chi connectivity index (χ3v) is 4.34. The molecule has 0 spiro atoms. The van der Waals surface area contributed by atoms with Crippen molar-refractivity contribution in [1.29, 1.82) is 0 Å². The number of rotatable bonds is 5. The first-order valence-corrected chi connectivity index (χ1v) is 8.52. The van der Waals surface area contributed by atoms with Crippen molar-refractivity contribution in [2.75, 3.05) is 0 Å². The molecule has 0 fully saturated rings. The van der Waals surface area contributed by atoms with Crippen LogP contribution in [-0.2, 0) is 4.79 Å². The molecule has 0 aliphatic rings. The predicted octanol–water partition coefficient (Wildman–Crippen LogP) is 5.16. The van der Waals surface area contributed by atoms with Gasteiger partial charge in [-0.2, -0.15) is 0 Å². The zero-order valence-corrected chi connectivity index (χ0v) is 14.1. The summed E-state index contributed by atoms with van der Waals surface area (Å²) in [6, 6.07) is 23.9. The SMILES string of the molecule is O=C(/C=C\c1ccccc1)Oc1ccc(Sc2ccc(O)cc2)cc1. The smallest absolute Gasteiger partial charge is 0.336 e. The van der Waals surface area contributed by atoms with Gasteiger partial charge in [-0.25, -0.2) is 4.79 Å². The van der Waals surface area contributed by atoms with Crippen LogP contribution in [0.1, 0.15) is 5.56 Å². The highest BCUT2D eigenvalue weighted by Crippen LogP contribution is 2.30. The average molecular weight is 348 g/mol. The highest BCUT2D eigenvalue weighted by Gasteiger charge is 2.02. The van der Waals surface area contributed by atoms with Gasteiger partial charge in [0.05, 0.1) is 0 Å². The zero-order chi connectivity index (χ0) is 17.5. The van der Waals surface area contributed by atoms with E-state index in [2.05, 4.69) is 0 Å². The molecule has 0 saturated carbocycles. The Balaban J connectivity index is 1.57. The van der Waals surface area contributed by atoms with Crippen molar-refractivity contribution in [3.8, 4) is 11.5 Å². The lowest BCUT2D eigenvalue weighted by Crippen LogP contribution is -2.03. The van der Waals surface area contributed by atoms with Gasteiger partial charge in [0.2, 0.25) is 0 Å². The van der Waals surface area contributed by atoms with Crippen LogP contribution in [0.2, 0.25) is 0 Å². The standard InChI is InChI=1S/C21H16O3S/c22-17-7-11-19(12-8-17)25-20-13-9-18(10-14-20)24-21(23)15-6-16-4-2-1-3-5-16/h1-15,22H/b15-6-. The molecule has 3 aromatic carbocycles. The van der Waals surface area contributed by atoms with Crippen molar-refractivity contribution in [2.45, 2.75) is 9.79 Å². The quantitative estimate of drug-likeness (QED) is 0.393. The average Bonchev–Trinajstić information content (AvgIpc) is 2.64. The molecule has 3 rings (SSSR count). The van der Waals surface area contributed by atoms with E-state index < -0.39 is 5.97 Å². The minimum atomic E-state index is -0.414. The molecule has 1 N–H and O–H groups in total. The van der Waals surface area contributed by atoms with Crippen LogP contribution >= 0.6 is 11.8 Å². The number of benzene rings is 3. The summed E-state index contributed by atoms with van der Waals surface area (Å²) in [5, 5.41) is 9.30. The van der Waals surface area contributed by atoms with E-state index in [4.69, 9.17) is 4.74 Å². The monoisotopic (exact) mass is 348 g/mol. The fourth-order valence-electron chi connectivity index (χ4n) is 2.10. The summed E-state index contributed by atoms with van der Waals surface area (Å²) >= 11 is 1.57. The van der Waals surface area contributed by atoms with Gasteiger partial charge < -0.3 is 9.84 Å². The Kier molecular flexibility index (Phi) is 5.54. The third kappa shape index (κ3) is 5.26. The first-order valence-electron chi connectivity index (χ1n) is 7.71. The molecule has 0 aromatic heterocycles. The number of ether oxygens (including phenoxy) is 1. The molecule has 124 valence electrons. The Morgan fingerprint density at radius 2 is 1.44 bits per heavy atom. The molecule has 4 heteroatoms. The number of esters is 1. The summed E-state index contributed by atoms with van der Waals surface area (Å²) in [5.41, 5.74) is 0.945. The Labute approximate surface area is 150 Å². The van der Waals surface area contributed by atoms with Crippen LogP contribution in [0.5, 0.6) is 11.5 Å². The summed E-state index contributed by atoms with van der Waals surface area (Å²) < 4.78 is 5.29. The van der Waals surface area contributed by atoms with Gasteiger partial charge in [-0.15, -0.1) is 0 Å². The molecule has 0 aliphatic carbocycles. The molecule has 0 aliphatic heterocycles. The summed E-state index contributed by atoms with van der Waals surface area (Å²) in [6.45, 7) is 0. The van der Waals surface area contributed by atoms with E-state index in [0.717, 1.165) is 15.4 Å². The Morgan fingerprint density at radius 3 is 2.08 bits per heavy atom. The van der Waals surface area contributed by atoms with Crippen LogP contribution in [0, 0.1) is 0 Å². The van der Waals surface area contributed by atoms with Gasteiger partial charge in [0.1, 0.15) is 11.5 Å². The molecule has 0 saturated heterocycles. The minimum absolute atomic E-state index is 0.246. The van der Waals surface area contributed by atoms with Gasteiger partial charge in [-0.05, 0) is 60.2 Å². The normalized spacial score (nSPS) is 10.7. The molecule has 3 aromatic rings. The Morgan fingerprint density at radius 1 is 0.840 bits per heavy atom. The molecule has 0 radical (unpaired) electrons. The maximum absolute atomic E-state index is 11.9. The van der Waals surface area contributed by atoms with Gasteiger partial charge in [-0.1, -0.05) is 42.1 Å². The second-order valence-corrected chi connectivity index (χ2v) is 6.38. The van der Waals surface area contributed by atoms with E-state index in [9.17, 15) is 9.90 Å². The lowest BCUT2D eigenvalue weighted by atomic mass is 10.2. The minimum Gasteiger partial charge on any atom is -0.508 e. The first-order chi connectivity index (χ1) is 12.2. The molecule has 0 atom stereocenters. The number of hydrogen-bond donors (Lipinski definition) is 1. The van der Waals surface area contributed by atoms with Crippen LogP contribution in [0.15, 0.2) is 94.7 Å². The highest BCUT2D eigenvalue weighted by molar-refractivity contribution is 7.99. The lowest BCUT2D eigenvalue weighted by Gasteiger charge is -2.04. The van der Waals surface area contributed by atoms with Gasteiger partial charge >= 0.3 is 5.97 Å². The van der Waals surface area contributed by atoms with Crippen molar-refractivity contribution < 1.29 is 14.6 Å². The molecule has 0 unspecified atom stereocenters. The summed E-state index contributed by atoms with van der Waals surface area (Å²) in [7, 11) is 0. The van der Waals surface area contributed by atoms with E-state index in [1.54, 1.807) is 42.1 Å². The van der Waals surface area contributed by atoms with E-state index in [-0.39, 0.29) is 5.75 Å². The second-order valence-electron chi connectivity index (χ2n) is 5.23.